The van der Waals surface area contributed by atoms with E-state index < -0.39 is 23.3 Å². The molecular weight excluding hydrogens is 272 g/mol. The van der Waals surface area contributed by atoms with E-state index in [1.165, 1.54) is 37.3 Å². The highest BCUT2D eigenvalue weighted by atomic mass is 16.4. The van der Waals surface area contributed by atoms with Crippen LogP contribution >= 0.6 is 0 Å². The van der Waals surface area contributed by atoms with Gasteiger partial charge in [0.25, 0.3) is 0 Å². The maximum atomic E-state index is 11.7. The van der Waals surface area contributed by atoms with Gasteiger partial charge in [-0.05, 0) is 37.1 Å². The topological polar surface area (TPSA) is 94.8 Å². The highest BCUT2D eigenvalue weighted by Gasteiger charge is 2.45. The van der Waals surface area contributed by atoms with Crippen LogP contribution in [0.1, 0.15) is 24.0 Å². The number of carboxylic acids is 2. The predicted octanol–water partition coefficient (Wildman–Crippen LogP) is 2.46. The molecule has 5 heteroatoms. The van der Waals surface area contributed by atoms with Crippen molar-refractivity contribution in [2.75, 3.05) is 0 Å². The first-order chi connectivity index (χ1) is 9.77. The SMILES string of the molecule is Cc1cc(O)ccc1C1C(C(=O)O)=CC=CC1(C)C(=O)O. The fourth-order valence-corrected chi connectivity index (χ4v) is 2.73. The van der Waals surface area contributed by atoms with E-state index in [1.54, 1.807) is 13.0 Å². The van der Waals surface area contributed by atoms with Gasteiger partial charge >= 0.3 is 11.9 Å². The van der Waals surface area contributed by atoms with Crippen molar-refractivity contribution in [2.45, 2.75) is 19.8 Å². The molecule has 110 valence electrons. The molecule has 0 saturated carbocycles. The third-order valence-corrected chi connectivity index (χ3v) is 3.90. The molecule has 1 aliphatic rings. The largest absolute Gasteiger partial charge is 0.508 e. The van der Waals surface area contributed by atoms with Crippen LogP contribution in [0.15, 0.2) is 42.0 Å². The number of phenolic OH excluding ortho intramolecular Hbond substituents is 1. The summed E-state index contributed by atoms with van der Waals surface area (Å²) in [4.78, 5) is 23.2. The minimum atomic E-state index is -1.36. The highest BCUT2D eigenvalue weighted by molar-refractivity contribution is 5.93. The number of aryl methyl sites for hydroxylation is 1. The minimum Gasteiger partial charge on any atom is -0.508 e. The minimum absolute atomic E-state index is 0.0242. The second kappa shape index (κ2) is 5.09. The number of hydrogen-bond acceptors (Lipinski definition) is 3. The smallest absolute Gasteiger partial charge is 0.332 e. The number of allylic oxidation sites excluding steroid dienone is 2. The highest BCUT2D eigenvalue weighted by Crippen LogP contribution is 2.46. The molecule has 5 nitrogen and oxygen atoms in total. The fourth-order valence-electron chi connectivity index (χ4n) is 2.73. The monoisotopic (exact) mass is 288 g/mol. The number of aliphatic carboxylic acids is 2. The second-order valence-corrected chi connectivity index (χ2v) is 5.35. The number of aromatic hydroxyl groups is 1. The van der Waals surface area contributed by atoms with E-state index in [0.717, 1.165) is 0 Å². The quantitative estimate of drug-likeness (QED) is 0.794. The number of phenols is 1. The van der Waals surface area contributed by atoms with Crippen molar-refractivity contribution in [2.24, 2.45) is 5.41 Å². The van der Waals surface area contributed by atoms with Gasteiger partial charge in [0.1, 0.15) is 5.75 Å². The summed E-state index contributed by atoms with van der Waals surface area (Å²) in [6, 6.07) is 4.50. The second-order valence-electron chi connectivity index (χ2n) is 5.35. The molecule has 0 bridgehead atoms. The lowest BCUT2D eigenvalue weighted by Crippen LogP contribution is -2.37. The molecule has 1 aromatic rings. The number of benzene rings is 1. The van der Waals surface area contributed by atoms with Crippen LogP contribution in [0.2, 0.25) is 0 Å². The predicted molar refractivity (Wildman–Crippen MR) is 76.2 cm³/mol. The molecule has 2 rings (SSSR count). The molecule has 2 atom stereocenters. The van der Waals surface area contributed by atoms with Gasteiger partial charge < -0.3 is 15.3 Å². The number of carboxylic acid groups (broad SMARTS) is 2. The average Bonchev–Trinajstić information content (AvgIpc) is 2.39. The summed E-state index contributed by atoms with van der Waals surface area (Å²) < 4.78 is 0. The third-order valence-electron chi connectivity index (χ3n) is 3.90. The van der Waals surface area contributed by atoms with E-state index in [1.807, 2.05) is 0 Å². The van der Waals surface area contributed by atoms with Crippen molar-refractivity contribution >= 4 is 11.9 Å². The molecule has 2 unspecified atom stereocenters. The Labute approximate surface area is 121 Å². The van der Waals surface area contributed by atoms with E-state index in [9.17, 15) is 24.9 Å². The summed E-state index contributed by atoms with van der Waals surface area (Å²) in [5, 5.41) is 28.4. The normalized spacial score (nSPS) is 24.5. The zero-order valence-corrected chi connectivity index (χ0v) is 11.7. The summed E-state index contributed by atoms with van der Waals surface area (Å²) in [6.07, 6.45) is 4.38. The van der Waals surface area contributed by atoms with Crippen molar-refractivity contribution in [3.8, 4) is 5.75 Å². The van der Waals surface area contributed by atoms with Gasteiger partial charge in [-0.15, -0.1) is 0 Å². The molecule has 0 heterocycles. The Hall–Kier alpha value is -2.56. The van der Waals surface area contributed by atoms with Gasteiger partial charge in [0.05, 0.1) is 5.41 Å². The van der Waals surface area contributed by atoms with E-state index in [2.05, 4.69) is 0 Å². The van der Waals surface area contributed by atoms with Crippen molar-refractivity contribution in [1.29, 1.82) is 0 Å². The lowest BCUT2D eigenvalue weighted by molar-refractivity contribution is -0.146. The van der Waals surface area contributed by atoms with Crippen molar-refractivity contribution in [3.63, 3.8) is 0 Å². The molecule has 0 saturated heterocycles. The van der Waals surface area contributed by atoms with E-state index in [-0.39, 0.29) is 11.3 Å². The number of carbonyl (C=O) groups is 2. The molecule has 0 amide bonds. The molecular formula is C16H16O5. The van der Waals surface area contributed by atoms with E-state index in [0.29, 0.717) is 11.1 Å². The molecule has 1 aliphatic carbocycles. The van der Waals surface area contributed by atoms with Gasteiger partial charge in [-0.2, -0.15) is 0 Å². The lowest BCUT2D eigenvalue weighted by atomic mass is 9.66. The maximum Gasteiger partial charge on any atom is 0.332 e. The molecule has 0 aliphatic heterocycles. The van der Waals surface area contributed by atoms with Crippen molar-refractivity contribution in [1.82, 2.24) is 0 Å². The van der Waals surface area contributed by atoms with E-state index in [4.69, 9.17) is 0 Å². The van der Waals surface area contributed by atoms with Gasteiger partial charge in [0.15, 0.2) is 0 Å². The summed E-state index contributed by atoms with van der Waals surface area (Å²) >= 11 is 0. The molecule has 0 radical (unpaired) electrons. The van der Waals surface area contributed by atoms with E-state index >= 15 is 0 Å². The molecule has 21 heavy (non-hydrogen) atoms. The first-order valence-corrected chi connectivity index (χ1v) is 6.43. The van der Waals surface area contributed by atoms with Crippen LogP contribution in [0.4, 0.5) is 0 Å². The lowest BCUT2D eigenvalue weighted by Gasteiger charge is -2.35. The summed E-state index contributed by atoms with van der Waals surface area (Å²) in [6.45, 7) is 3.22. The first-order valence-electron chi connectivity index (χ1n) is 6.43. The number of hydrogen-bond donors (Lipinski definition) is 3. The molecule has 1 aromatic carbocycles. The zero-order chi connectivity index (χ0) is 15.8. The van der Waals surface area contributed by atoms with Gasteiger partial charge in [0.2, 0.25) is 0 Å². The van der Waals surface area contributed by atoms with Crippen LogP contribution in [0.25, 0.3) is 0 Å². The maximum absolute atomic E-state index is 11.7. The Morgan fingerprint density at radius 2 is 1.90 bits per heavy atom. The zero-order valence-electron chi connectivity index (χ0n) is 11.7. The molecule has 3 N–H and O–H groups in total. The van der Waals surface area contributed by atoms with Crippen LogP contribution < -0.4 is 0 Å². The first kappa shape index (κ1) is 14.8. The van der Waals surface area contributed by atoms with Gasteiger partial charge in [-0.3, -0.25) is 4.79 Å². The Morgan fingerprint density at radius 1 is 1.24 bits per heavy atom. The van der Waals surface area contributed by atoms with Crippen molar-refractivity contribution < 1.29 is 24.9 Å². The Morgan fingerprint density at radius 3 is 2.43 bits per heavy atom. The van der Waals surface area contributed by atoms with Crippen LogP contribution in [-0.2, 0) is 9.59 Å². The standard InChI is InChI=1S/C16H16O5/c1-9-8-10(17)5-6-11(9)13-12(14(18)19)4-3-7-16(13,2)15(20)21/h3-8,13,17H,1-2H3,(H,18,19)(H,20,21). The molecule has 0 spiro atoms. The fraction of sp³-hybridized carbons (Fsp3) is 0.250. The number of rotatable bonds is 3. The van der Waals surface area contributed by atoms with Gasteiger partial charge in [-0.1, -0.05) is 24.3 Å². The van der Waals surface area contributed by atoms with Crippen LogP contribution in [0, 0.1) is 12.3 Å². The van der Waals surface area contributed by atoms with Crippen LogP contribution in [0.3, 0.4) is 0 Å². The van der Waals surface area contributed by atoms with Crippen LogP contribution in [0.5, 0.6) is 5.75 Å². The Balaban J connectivity index is 2.68. The van der Waals surface area contributed by atoms with Crippen molar-refractivity contribution in [3.05, 3.63) is 53.1 Å². The van der Waals surface area contributed by atoms with Gasteiger partial charge in [-0.25, -0.2) is 4.79 Å². The summed E-state index contributed by atoms with van der Waals surface area (Å²) in [7, 11) is 0. The van der Waals surface area contributed by atoms with Crippen LogP contribution in [-0.4, -0.2) is 27.3 Å². The molecule has 0 aromatic heterocycles. The Kier molecular flexibility index (Phi) is 3.60. The molecule has 0 fully saturated rings. The Bertz CT molecular complexity index is 671. The third kappa shape index (κ3) is 2.42. The summed E-state index contributed by atoms with van der Waals surface area (Å²) in [5.74, 6) is -3.01. The van der Waals surface area contributed by atoms with Gasteiger partial charge in [0, 0.05) is 11.5 Å². The average molecular weight is 288 g/mol. The summed E-state index contributed by atoms with van der Waals surface area (Å²) in [5.41, 5.74) is -0.105.